The fourth-order valence-electron chi connectivity index (χ4n) is 2.29. The SMILES string of the molecule is CC1C2(C)CCC12N. The van der Waals surface area contributed by atoms with Crippen LogP contribution in [0.1, 0.15) is 26.7 Å². The van der Waals surface area contributed by atoms with Crippen molar-refractivity contribution in [3.63, 3.8) is 0 Å². The lowest BCUT2D eigenvalue weighted by Crippen LogP contribution is -2.38. The second-order valence-corrected chi connectivity index (χ2v) is 3.68. The van der Waals surface area contributed by atoms with Gasteiger partial charge in [0.2, 0.25) is 0 Å². The van der Waals surface area contributed by atoms with Crippen molar-refractivity contribution in [1.29, 1.82) is 0 Å². The molecule has 0 saturated heterocycles. The second-order valence-electron chi connectivity index (χ2n) is 3.68. The lowest BCUT2D eigenvalue weighted by Gasteiger charge is -2.28. The van der Waals surface area contributed by atoms with E-state index in [0.29, 0.717) is 5.41 Å². The van der Waals surface area contributed by atoms with E-state index in [2.05, 4.69) is 13.8 Å². The maximum absolute atomic E-state index is 5.97. The Balaban J connectivity index is 2.29. The summed E-state index contributed by atoms with van der Waals surface area (Å²) >= 11 is 0. The molecule has 3 atom stereocenters. The summed E-state index contributed by atoms with van der Waals surface area (Å²) in [4.78, 5) is 0. The monoisotopic (exact) mass is 111 g/mol. The third-order valence-corrected chi connectivity index (χ3v) is 3.77. The first kappa shape index (κ1) is 4.80. The molecule has 0 heterocycles. The maximum atomic E-state index is 5.97. The summed E-state index contributed by atoms with van der Waals surface area (Å²) in [6.07, 6.45) is 2.63. The van der Waals surface area contributed by atoms with E-state index in [1.54, 1.807) is 0 Å². The molecule has 0 bridgehead atoms. The van der Waals surface area contributed by atoms with Crippen molar-refractivity contribution >= 4 is 0 Å². The van der Waals surface area contributed by atoms with Gasteiger partial charge in [0.05, 0.1) is 0 Å². The average Bonchev–Trinajstić information content (AvgIpc) is 1.98. The molecule has 0 aliphatic heterocycles. The zero-order valence-corrected chi connectivity index (χ0v) is 5.57. The second kappa shape index (κ2) is 0.860. The molecule has 0 aromatic heterocycles. The summed E-state index contributed by atoms with van der Waals surface area (Å²) in [5.74, 6) is 0.801. The van der Waals surface area contributed by atoms with E-state index in [0.717, 1.165) is 5.92 Å². The zero-order chi connectivity index (χ0) is 5.99. The van der Waals surface area contributed by atoms with Gasteiger partial charge in [0, 0.05) is 5.54 Å². The molecule has 1 heteroatoms. The number of fused-ring (bicyclic) bond motifs is 1. The largest absolute Gasteiger partial charge is 0.324 e. The van der Waals surface area contributed by atoms with Crippen LogP contribution >= 0.6 is 0 Å². The first-order chi connectivity index (χ1) is 3.61. The molecule has 0 radical (unpaired) electrons. The Morgan fingerprint density at radius 2 is 2.00 bits per heavy atom. The number of hydrogen-bond donors (Lipinski definition) is 1. The van der Waals surface area contributed by atoms with E-state index >= 15 is 0 Å². The predicted octanol–water partition coefficient (Wildman–Crippen LogP) is 1.13. The fraction of sp³-hybridized carbons (Fsp3) is 1.00. The van der Waals surface area contributed by atoms with Crippen molar-refractivity contribution in [2.75, 3.05) is 0 Å². The summed E-state index contributed by atoms with van der Waals surface area (Å²) in [5, 5.41) is 0. The highest BCUT2D eigenvalue weighted by Gasteiger charge is 2.75. The third-order valence-electron chi connectivity index (χ3n) is 3.77. The first-order valence-corrected chi connectivity index (χ1v) is 3.40. The lowest BCUT2D eigenvalue weighted by molar-refractivity contribution is 0.279. The molecule has 0 aromatic carbocycles. The van der Waals surface area contributed by atoms with Crippen molar-refractivity contribution < 1.29 is 0 Å². The average molecular weight is 111 g/mol. The van der Waals surface area contributed by atoms with Gasteiger partial charge in [-0.3, -0.25) is 0 Å². The van der Waals surface area contributed by atoms with Gasteiger partial charge in [-0.25, -0.2) is 0 Å². The van der Waals surface area contributed by atoms with Crippen LogP contribution in [0.25, 0.3) is 0 Å². The molecule has 2 rings (SSSR count). The molecule has 2 N–H and O–H groups in total. The molecular formula is C7H13N. The molecule has 8 heavy (non-hydrogen) atoms. The summed E-state index contributed by atoms with van der Waals surface area (Å²) in [7, 11) is 0. The third kappa shape index (κ3) is 0.218. The zero-order valence-electron chi connectivity index (χ0n) is 5.57. The van der Waals surface area contributed by atoms with Crippen LogP contribution in [0, 0.1) is 11.3 Å². The Kier molecular flexibility index (Phi) is 0.516. The summed E-state index contributed by atoms with van der Waals surface area (Å²) in [6.45, 7) is 4.58. The molecule has 3 unspecified atom stereocenters. The lowest BCUT2D eigenvalue weighted by atomic mass is 9.82. The summed E-state index contributed by atoms with van der Waals surface area (Å²) in [5.41, 5.74) is 6.82. The van der Waals surface area contributed by atoms with Crippen LogP contribution in [-0.4, -0.2) is 5.54 Å². The van der Waals surface area contributed by atoms with Gasteiger partial charge in [0.25, 0.3) is 0 Å². The minimum atomic E-state index is 0.285. The number of rotatable bonds is 0. The van der Waals surface area contributed by atoms with Crippen LogP contribution in [0.3, 0.4) is 0 Å². The molecule has 2 aliphatic carbocycles. The van der Waals surface area contributed by atoms with Crippen molar-refractivity contribution in [3.05, 3.63) is 0 Å². The smallest absolute Gasteiger partial charge is 0.0244 e. The van der Waals surface area contributed by atoms with Gasteiger partial charge in [-0.15, -0.1) is 0 Å². The van der Waals surface area contributed by atoms with Crippen LogP contribution in [0.5, 0.6) is 0 Å². The Morgan fingerprint density at radius 3 is 2.00 bits per heavy atom. The Morgan fingerprint density at radius 1 is 1.50 bits per heavy atom. The quantitative estimate of drug-likeness (QED) is 0.498. The molecule has 0 aromatic rings. The molecule has 0 spiro atoms. The van der Waals surface area contributed by atoms with E-state index in [4.69, 9.17) is 5.73 Å². The first-order valence-electron chi connectivity index (χ1n) is 3.40. The van der Waals surface area contributed by atoms with E-state index < -0.39 is 0 Å². The molecule has 46 valence electrons. The highest BCUT2D eigenvalue weighted by molar-refractivity contribution is 5.29. The standard InChI is InChI=1S/C7H13N/c1-5-6(2)3-4-7(5,6)8/h5H,3-4,8H2,1-2H3. The van der Waals surface area contributed by atoms with Crippen molar-refractivity contribution in [3.8, 4) is 0 Å². The van der Waals surface area contributed by atoms with Gasteiger partial charge in [0.1, 0.15) is 0 Å². The summed E-state index contributed by atoms with van der Waals surface area (Å²) in [6, 6.07) is 0. The molecular weight excluding hydrogens is 98.1 g/mol. The normalized spacial score (nSPS) is 68.6. The van der Waals surface area contributed by atoms with Crippen LogP contribution in [0.4, 0.5) is 0 Å². The van der Waals surface area contributed by atoms with Crippen LogP contribution in [0.15, 0.2) is 0 Å². The van der Waals surface area contributed by atoms with Crippen LogP contribution < -0.4 is 5.73 Å². The van der Waals surface area contributed by atoms with Gasteiger partial charge in [-0.2, -0.15) is 0 Å². The van der Waals surface area contributed by atoms with E-state index in [9.17, 15) is 0 Å². The van der Waals surface area contributed by atoms with Gasteiger partial charge in [0.15, 0.2) is 0 Å². The van der Waals surface area contributed by atoms with E-state index in [1.807, 2.05) is 0 Å². The Bertz CT molecular complexity index is 127. The van der Waals surface area contributed by atoms with Crippen molar-refractivity contribution in [2.45, 2.75) is 32.2 Å². The molecule has 1 nitrogen and oxygen atoms in total. The molecule has 0 amide bonds. The minimum Gasteiger partial charge on any atom is -0.324 e. The minimum absolute atomic E-state index is 0.285. The Hall–Kier alpha value is -0.0400. The fourth-order valence-corrected chi connectivity index (χ4v) is 2.29. The van der Waals surface area contributed by atoms with E-state index in [-0.39, 0.29) is 5.54 Å². The van der Waals surface area contributed by atoms with Crippen molar-refractivity contribution in [1.82, 2.24) is 0 Å². The molecule has 2 fully saturated rings. The van der Waals surface area contributed by atoms with Crippen molar-refractivity contribution in [2.24, 2.45) is 17.1 Å². The molecule has 2 aliphatic rings. The summed E-state index contributed by atoms with van der Waals surface area (Å²) < 4.78 is 0. The predicted molar refractivity (Wildman–Crippen MR) is 33.4 cm³/mol. The highest BCUT2D eigenvalue weighted by Crippen LogP contribution is 2.73. The van der Waals surface area contributed by atoms with Gasteiger partial charge in [-0.1, -0.05) is 13.8 Å². The van der Waals surface area contributed by atoms with Gasteiger partial charge < -0.3 is 5.73 Å². The number of nitrogens with two attached hydrogens (primary N) is 1. The topological polar surface area (TPSA) is 26.0 Å². The number of hydrogen-bond acceptors (Lipinski definition) is 1. The molecule has 2 saturated carbocycles. The Labute approximate surface area is 50.3 Å². The highest BCUT2D eigenvalue weighted by atomic mass is 15.0. The van der Waals surface area contributed by atoms with Crippen LogP contribution in [0.2, 0.25) is 0 Å². The van der Waals surface area contributed by atoms with Gasteiger partial charge in [-0.05, 0) is 24.2 Å². The van der Waals surface area contributed by atoms with E-state index in [1.165, 1.54) is 12.8 Å². The maximum Gasteiger partial charge on any atom is 0.0244 e. The van der Waals surface area contributed by atoms with Gasteiger partial charge >= 0.3 is 0 Å². The van der Waals surface area contributed by atoms with Crippen LogP contribution in [-0.2, 0) is 0 Å².